The van der Waals surface area contributed by atoms with Crippen LogP contribution in [0.3, 0.4) is 0 Å². The largest absolute Gasteiger partial charge is 0.494 e. The van der Waals surface area contributed by atoms with Gasteiger partial charge >= 0.3 is 0 Å². The van der Waals surface area contributed by atoms with E-state index in [1.54, 1.807) is 0 Å². The van der Waals surface area contributed by atoms with Crippen LogP contribution in [0.5, 0.6) is 5.75 Å². The average Bonchev–Trinajstić information content (AvgIpc) is 2.58. The molecule has 2 rings (SSSR count). The molecule has 2 nitrogen and oxygen atoms in total. The second kappa shape index (κ2) is 9.94. The summed E-state index contributed by atoms with van der Waals surface area (Å²) in [4.78, 5) is 0. The predicted octanol–water partition coefficient (Wildman–Crippen LogP) is 5.96. The Morgan fingerprint density at radius 2 is 1.70 bits per heavy atom. The minimum atomic E-state index is 0.811. The van der Waals surface area contributed by atoms with Crippen LogP contribution in [0.1, 0.15) is 50.2 Å². The Labute approximate surface area is 140 Å². The van der Waals surface area contributed by atoms with E-state index in [1.807, 2.05) is 12.1 Å². The van der Waals surface area contributed by atoms with Crippen molar-refractivity contribution in [1.29, 1.82) is 0 Å². The average molecular weight is 311 g/mol. The molecule has 0 bridgehead atoms. The van der Waals surface area contributed by atoms with E-state index in [2.05, 4.69) is 55.6 Å². The quantitative estimate of drug-likeness (QED) is 0.547. The second-order valence-electron chi connectivity index (χ2n) is 6.13. The highest BCUT2D eigenvalue weighted by atomic mass is 16.5. The molecule has 0 saturated heterocycles. The molecular formula is C21H29NO. The number of ether oxygens (including phenoxy) is 1. The lowest BCUT2D eigenvalue weighted by Crippen LogP contribution is -2.01. The normalized spacial score (nSPS) is 10.5. The molecule has 2 aromatic carbocycles. The SMILES string of the molecule is CCCCCCCOc1cccc(NCc2ccc(C)cc2)c1. The number of hydrogen-bond donors (Lipinski definition) is 1. The minimum Gasteiger partial charge on any atom is -0.494 e. The number of rotatable bonds is 10. The van der Waals surface area contributed by atoms with E-state index >= 15 is 0 Å². The second-order valence-corrected chi connectivity index (χ2v) is 6.13. The van der Waals surface area contributed by atoms with Crippen molar-refractivity contribution < 1.29 is 4.74 Å². The summed E-state index contributed by atoms with van der Waals surface area (Å²) in [6, 6.07) is 16.9. The summed E-state index contributed by atoms with van der Waals surface area (Å²) in [5.74, 6) is 0.953. The van der Waals surface area contributed by atoms with Gasteiger partial charge in [-0.2, -0.15) is 0 Å². The molecule has 1 N–H and O–H groups in total. The van der Waals surface area contributed by atoms with Gasteiger partial charge in [0.15, 0.2) is 0 Å². The molecule has 0 aliphatic rings. The van der Waals surface area contributed by atoms with Crippen LogP contribution in [0.15, 0.2) is 48.5 Å². The number of hydrogen-bond acceptors (Lipinski definition) is 2. The molecule has 0 saturated carbocycles. The molecule has 2 aromatic rings. The molecule has 0 aliphatic heterocycles. The van der Waals surface area contributed by atoms with E-state index < -0.39 is 0 Å². The van der Waals surface area contributed by atoms with E-state index in [0.29, 0.717) is 0 Å². The van der Waals surface area contributed by atoms with Crippen molar-refractivity contribution in [1.82, 2.24) is 0 Å². The lowest BCUT2D eigenvalue weighted by Gasteiger charge is -2.10. The summed E-state index contributed by atoms with van der Waals surface area (Å²) >= 11 is 0. The molecule has 0 spiro atoms. The first-order chi connectivity index (χ1) is 11.3. The smallest absolute Gasteiger partial charge is 0.121 e. The number of aryl methyl sites for hydroxylation is 1. The van der Waals surface area contributed by atoms with E-state index in [-0.39, 0.29) is 0 Å². The van der Waals surface area contributed by atoms with Crippen LogP contribution in [0.4, 0.5) is 5.69 Å². The molecule has 0 fully saturated rings. The van der Waals surface area contributed by atoms with Crippen LogP contribution in [0, 0.1) is 6.92 Å². The molecule has 2 heteroatoms. The first kappa shape index (κ1) is 17.4. The Bertz CT molecular complexity index is 562. The predicted molar refractivity (Wildman–Crippen MR) is 99.2 cm³/mol. The fraction of sp³-hybridized carbons (Fsp3) is 0.429. The van der Waals surface area contributed by atoms with Crippen LogP contribution < -0.4 is 10.1 Å². The molecule has 0 atom stereocenters. The van der Waals surface area contributed by atoms with Crippen molar-refractivity contribution in [3.05, 3.63) is 59.7 Å². The summed E-state index contributed by atoms with van der Waals surface area (Å²) in [6.07, 6.45) is 6.34. The number of anilines is 1. The van der Waals surface area contributed by atoms with Crippen molar-refractivity contribution in [2.45, 2.75) is 52.5 Å². The van der Waals surface area contributed by atoms with Gasteiger partial charge in [-0.05, 0) is 31.0 Å². The molecule has 0 aromatic heterocycles. The highest BCUT2D eigenvalue weighted by molar-refractivity contribution is 5.48. The topological polar surface area (TPSA) is 21.3 Å². The Balaban J connectivity index is 1.74. The van der Waals surface area contributed by atoms with Gasteiger partial charge < -0.3 is 10.1 Å². The van der Waals surface area contributed by atoms with Crippen molar-refractivity contribution >= 4 is 5.69 Å². The Kier molecular flexibility index (Phi) is 7.51. The summed E-state index contributed by atoms with van der Waals surface area (Å²) < 4.78 is 5.85. The number of benzene rings is 2. The zero-order valence-corrected chi connectivity index (χ0v) is 14.5. The lowest BCUT2D eigenvalue weighted by atomic mass is 10.1. The van der Waals surface area contributed by atoms with Gasteiger partial charge in [-0.15, -0.1) is 0 Å². The zero-order valence-electron chi connectivity index (χ0n) is 14.5. The van der Waals surface area contributed by atoms with E-state index in [4.69, 9.17) is 4.74 Å². The first-order valence-corrected chi connectivity index (χ1v) is 8.80. The highest BCUT2D eigenvalue weighted by Gasteiger charge is 1.98. The van der Waals surface area contributed by atoms with Gasteiger partial charge in [-0.3, -0.25) is 0 Å². The third-order valence-electron chi connectivity index (χ3n) is 3.97. The number of nitrogens with one attached hydrogen (secondary N) is 1. The van der Waals surface area contributed by atoms with Gasteiger partial charge in [0, 0.05) is 18.3 Å². The standard InChI is InChI=1S/C21H29NO/c1-3-4-5-6-7-15-23-21-10-8-9-20(16-21)22-17-19-13-11-18(2)12-14-19/h8-14,16,22H,3-7,15,17H2,1-2H3. The maximum atomic E-state index is 5.85. The fourth-order valence-electron chi connectivity index (χ4n) is 2.50. The van der Waals surface area contributed by atoms with Crippen LogP contribution in [-0.2, 0) is 6.54 Å². The van der Waals surface area contributed by atoms with Gasteiger partial charge in [-0.1, -0.05) is 68.5 Å². The number of unbranched alkanes of at least 4 members (excludes halogenated alkanes) is 4. The zero-order chi connectivity index (χ0) is 16.3. The Morgan fingerprint density at radius 1 is 0.913 bits per heavy atom. The van der Waals surface area contributed by atoms with Gasteiger partial charge in [0.1, 0.15) is 5.75 Å². The third kappa shape index (κ3) is 6.77. The molecule has 0 unspecified atom stereocenters. The van der Waals surface area contributed by atoms with Crippen molar-refractivity contribution in [2.24, 2.45) is 0 Å². The summed E-state index contributed by atoms with van der Waals surface area (Å²) in [5, 5.41) is 3.46. The summed E-state index contributed by atoms with van der Waals surface area (Å²) in [6.45, 7) is 6.00. The van der Waals surface area contributed by atoms with Crippen LogP contribution >= 0.6 is 0 Å². The van der Waals surface area contributed by atoms with E-state index in [9.17, 15) is 0 Å². The molecular weight excluding hydrogens is 282 g/mol. The summed E-state index contributed by atoms with van der Waals surface area (Å²) in [5.41, 5.74) is 3.69. The maximum absolute atomic E-state index is 5.85. The van der Waals surface area contributed by atoms with E-state index in [0.717, 1.165) is 31.0 Å². The fourth-order valence-corrected chi connectivity index (χ4v) is 2.50. The molecule has 0 aliphatic carbocycles. The summed E-state index contributed by atoms with van der Waals surface area (Å²) in [7, 11) is 0. The first-order valence-electron chi connectivity index (χ1n) is 8.80. The van der Waals surface area contributed by atoms with Crippen LogP contribution in [0.2, 0.25) is 0 Å². The van der Waals surface area contributed by atoms with Crippen LogP contribution in [-0.4, -0.2) is 6.61 Å². The van der Waals surface area contributed by atoms with Gasteiger partial charge in [0.05, 0.1) is 6.61 Å². The van der Waals surface area contributed by atoms with Gasteiger partial charge in [-0.25, -0.2) is 0 Å². The maximum Gasteiger partial charge on any atom is 0.121 e. The Hall–Kier alpha value is -1.96. The third-order valence-corrected chi connectivity index (χ3v) is 3.97. The Morgan fingerprint density at radius 3 is 2.48 bits per heavy atom. The minimum absolute atomic E-state index is 0.811. The molecule has 0 amide bonds. The van der Waals surface area contributed by atoms with Crippen LogP contribution in [0.25, 0.3) is 0 Å². The lowest BCUT2D eigenvalue weighted by molar-refractivity contribution is 0.304. The molecule has 0 radical (unpaired) electrons. The molecule has 0 heterocycles. The molecule has 124 valence electrons. The van der Waals surface area contributed by atoms with Gasteiger partial charge in [0.25, 0.3) is 0 Å². The molecule has 23 heavy (non-hydrogen) atoms. The van der Waals surface area contributed by atoms with Crippen molar-refractivity contribution in [3.63, 3.8) is 0 Å². The highest BCUT2D eigenvalue weighted by Crippen LogP contribution is 2.18. The van der Waals surface area contributed by atoms with Crippen molar-refractivity contribution in [3.8, 4) is 5.75 Å². The monoisotopic (exact) mass is 311 g/mol. The van der Waals surface area contributed by atoms with E-state index in [1.165, 1.54) is 36.8 Å². The van der Waals surface area contributed by atoms with Crippen molar-refractivity contribution in [2.75, 3.05) is 11.9 Å². The van der Waals surface area contributed by atoms with Gasteiger partial charge in [0.2, 0.25) is 0 Å².